The normalized spacial score (nSPS) is 17.9. The summed E-state index contributed by atoms with van der Waals surface area (Å²) >= 11 is 3.43. The third-order valence-electron chi connectivity index (χ3n) is 5.84. The average molecular weight is 501 g/mol. The Kier molecular flexibility index (Phi) is 8.10. The molecular weight excluding hydrogens is 472 g/mol. The Morgan fingerprint density at radius 3 is 2.44 bits per heavy atom. The van der Waals surface area contributed by atoms with Crippen molar-refractivity contribution in [3.63, 3.8) is 0 Å². The summed E-state index contributed by atoms with van der Waals surface area (Å²) in [6.45, 7) is 7.33. The van der Waals surface area contributed by atoms with Crippen LogP contribution in [0.1, 0.15) is 37.4 Å². The van der Waals surface area contributed by atoms with Crippen molar-refractivity contribution in [3.8, 4) is 5.75 Å². The molecule has 0 saturated carbocycles. The molecule has 0 aromatic heterocycles. The number of Topliss-reactive ketones (excluding diaryl/α,β-unsaturated/α-hetero) is 1. The third kappa shape index (κ3) is 5.05. The highest BCUT2D eigenvalue weighted by Crippen LogP contribution is 2.40. The van der Waals surface area contributed by atoms with Crippen molar-refractivity contribution in [3.05, 3.63) is 69.7 Å². The fourth-order valence-corrected chi connectivity index (χ4v) is 4.30. The standard InChI is InChI=1S/C25H29BrN2O4/c1-4-27(5-2)14-7-15-28-22(17-10-12-19(26)13-11-17)21(24(30)25(28)31)23(29)18-8-6-9-20(16-18)32-3/h6,8-13,16,22,29H,4-5,7,14-15H2,1-3H3/b23-21+/t22-/m1/s1. The summed E-state index contributed by atoms with van der Waals surface area (Å²) in [5, 5.41) is 11.1. The molecule has 1 fully saturated rings. The van der Waals surface area contributed by atoms with Crippen LogP contribution in [0.15, 0.2) is 58.6 Å². The summed E-state index contributed by atoms with van der Waals surface area (Å²) in [5.74, 6) is -0.882. The molecule has 1 saturated heterocycles. The molecule has 1 amide bonds. The summed E-state index contributed by atoms with van der Waals surface area (Å²) < 4.78 is 6.15. The molecule has 0 spiro atoms. The minimum absolute atomic E-state index is 0.105. The number of likely N-dealkylation sites (tertiary alicyclic amines) is 1. The van der Waals surface area contributed by atoms with Crippen molar-refractivity contribution in [2.24, 2.45) is 0 Å². The number of carbonyl (C=O) groups excluding carboxylic acids is 2. The van der Waals surface area contributed by atoms with Crippen molar-refractivity contribution in [1.82, 2.24) is 9.80 Å². The van der Waals surface area contributed by atoms with Gasteiger partial charge < -0.3 is 19.6 Å². The molecule has 0 aliphatic carbocycles. The molecular formula is C25H29BrN2O4. The number of rotatable bonds is 9. The van der Waals surface area contributed by atoms with Gasteiger partial charge in [-0.15, -0.1) is 0 Å². The van der Waals surface area contributed by atoms with Gasteiger partial charge in [0.1, 0.15) is 11.5 Å². The quantitative estimate of drug-likeness (QED) is 0.309. The number of halogens is 1. The van der Waals surface area contributed by atoms with E-state index >= 15 is 0 Å². The molecule has 1 aliphatic rings. The first-order chi connectivity index (χ1) is 15.4. The number of nitrogens with zero attached hydrogens (tertiary/aromatic N) is 2. The van der Waals surface area contributed by atoms with E-state index in [4.69, 9.17) is 4.74 Å². The number of amides is 1. The maximum atomic E-state index is 13.1. The van der Waals surface area contributed by atoms with Gasteiger partial charge in [-0.05, 0) is 55.9 Å². The van der Waals surface area contributed by atoms with E-state index in [1.165, 1.54) is 7.11 Å². The predicted octanol–water partition coefficient (Wildman–Crippen LogP) is 4.61. The number of methoxy groups -OCH3 is 1. The van der Waals surface area contributed by atoms with E-state index < -0.39 is 17.7 Å². The van der Waals surface area contributed by atoms with E-state index in [-0.39, 0.29) is 11.3 Å². The topological polar surface area (TPSA) is 70.1 Å². The van der Waals surface area contributed by atoms with Crippen LogP contribution in [-0.2, 0) is 9.59 Å². The highest BCUT2D eigenvalue weighted by atomic mass is 79.9. The number of hydrogen-bond donors (Lipinski definition) is 1. The first-order valence-electron chi connectivity index (χ1n) is 10.8. The SMILES string of the molecule is CCN(CC)CCCN1C(=O)C(=O)/C(=C(/O)c2cccc(OC)c2)[C@H]1c1ccc(Br)cc1. The molecule has 7 heteroatoms. The van der Waals surface area contributed by atoms with Crippen LogP contribution in [0.2, 0.25) is 0 Å². The summed E-state index contributed by atoms with van der Waals surface area (Å²) in [7, 11) is 1.54. The number of ketones is 1. The Morgan fingerprint density at radius 2 is 1.81 bits per heavy atom. The number of ether oxygens (including phenoxy) is 1. The maximum Gasteiger partial charge on any atom is 0.295 e. The van der Waals surface area contributed by atoms with Gasteiger partial charge in [-0.2, -0.15) is 0 Å². The maximum absolute atomic E-state index is 13.1. The third-order valence-corrected chi connectivity index (χ3v) is 6.37. The van der Waals surface area contributed by atoms with Crippen molar-refractivity contribution in [2.75, 3.05) is 33.3 Å². The van der Waals surface area contributed by atoms with E-state index in [9.17, 15) is 14.7 Å². The first kappa shape index (κ1) is 24.0. The lowest BCUT2D eigenvalue weighted by Crippen LogP contribution is -2.33. The lowest BCUT2D eigenvalue weighted by molar-refractivity contribution is -0.140. The average Bonchev–Trinajstić information content (AvgIpc) is 3.07. The molecule has 3 rings (SSSR count). The van der Waals surface area contributed by atoms with Crippen LogP contribution < -0.4 is 4.74 Å². The molecule has 0 unspecified atom stereocenters. The molecule has 6 nitrogen and oxygen atoms in total. The van der Waals surface area contributed by atoms with Gasteiger partial charge in [-0.25, -0.2) is 0 Å². The van der Waals surface area contributed by atoms with E-state index in [1.54, 1.807) is 29.2 Å². The van der Waals surface area contributed by atoms with Gasteiger partial charge in [0.2, 0.25) is 0 Å². The molecule has 1 atom stereocenters. The van der Waals surface area contributed by atoms with Crippen LogP contribution in [-0.4, -0.2) is 59.9 Å². The fourth-order valence-electron chi connectivity index (χ4n) is 4.03. The second-order valence-electron chi connectivity index (χ2n) is 7.66. The highest BCUT2D eigenvalue weighted by Gasteiger charge is 2.45. The van der Waals surface area contributed by atoms with Crippen LogP contribution >= 0.6 is 15.9 Å². The molecule has 2 aromatic rings. The lowest BCUT2D eigenvalue weighted by Gasteiger charge is -2.27. The zero-order valence-corrected chi connectivity index (χ0v) is 20.3. The molecule has 0 bridgehead atoms. The number of aliphatic hydroxyl groups is 1. The molecule has 1 heterocycles. The van der Waals surface area contributed by atoms with Crippen LogP contribution in [0.3, 0.4) is 0 Å². The summed E-state index contributed by atoms with van der Waals surface area (Å²) in [4.78, 5) is 30.0. The summed E-state index contributed by atoms with van der Waals surface area (Å²) in [6.07, 6.45) is 0.737. The summed E-state index contributed by atoms with van der Waals surface area (Å²) in [5.41, 5.74) is 1.32. The van der Waals surface area contributed by atoms with E-state index in [0.717, 1.165) is 36.1 Å². The van der Waals surface area contributed by atoms with Gasteiger partial charge >= 0.3 is 0 Å². The number of carbonyl (C=O) groups is 2. The number of hydrogen-bond acceptors (Lipinski definition) is 5. The molecule has 32 heavy (non-hydrogen) atoms. The second-order valence-corrected chi connectivity index (χ2v) is 8.57. The molecule has 1 N–H and O–H groups in total. The van der Waals surface area contributed by atoms with Crippen molar-refractivity contribution in [1.29, 1.82) is 0 Å². The van der Waals surface area contributed by atoms with Crippen molar-refractivity contribution < 1.29 is 19.4 Å². The Labute approximate surface area is 197 Å². The van der Waals surface area contributed by atoms with Gasteiger partial charge in [-0.1, -0.05) is 54.0 Å². The number of benzene rings is 2. The zero-order valence-electron chi connectivity index (χ0n) is 18.7. The Hall–Kier alpha value is -2.64. The van der Waals surface area contributed by atoms with Gasteiger partial charge in [0.05, 0.1) is 18.7 Å². The Morgan fingerprint density at radius 1 is 1.12 bits per heavy atom. The highest BCUT2D eigenvalue weighted by molar-refractivity contribution is 9.10. The smallest absolute Gasteiger partial charge is 0.295 e. The summed E-state index contributed by atoms with van der Waals surface area (Å²) in [6, 6.07) is 13.7. The van der Waals surface area contributed by atoms with Crippen molar-refractivity contribution >= 4 is 33.4 Å². The number of aliphatic hydroxyl groups excluding tert-OH is 1. The minimum atomic E-state index is -0.666. The van der Waals surface area contributed by atoms with Gasteiger partial charge in [0, 0.05) is 16.6 Å². The van der Waals surface area contributed by atoms with E-state index in [1.807, 2.05) is 24.3 Å². The minimum Gasteiger partial charge on any atom is -0.507 e. The van der Waals surface area contributed by atoms with Crippen LogP contribution in [0.5, 0.6) is 5.75 Å². The van der Waals surface area contributed by atoms with Gasteiger partial charge in [-0.3, -0.25) is 9.59 Å². The van der Waals surface area contributed by atoms with Crippen molar-refractivity contribution in [2.45, 2.75) is 26.3 Å². The van der Waals surface area contributed by atoms with Gasteiger partial charge in [0.15, 0.2) is 0 Å². The first-order valence-corrected chi connectivity index (χ1v) is 11.6. The Bertz CT molecular complexity index is 999. The van der Waals surface area contributed by atoms with E-state index in [0.29, 0.717) is 17.9 Å². The van der Waals surface area contributed by atoms with Crippen LogP contribution in [0.25, 0.3) is 5.76 Å². The van der Waals surface area contributed by atoms with E-state index in [2.05, 4.69) is 34.7 Å². The lowest BCUT2D eigenvalue weighted by atomic mass is 9.95. The predicted molar refractivity (Wildman–Crippen MR) is 129 cm³/mol. The zero-order chi connectivity index (χ0) is 23.3. The van der Waals surface area contributed by atoms with Gasteiger partial charge in [0.25, 0.3) is 11.7 Å². The van der Waals surface area contributed by atoms with Crippen LogP contribution in [0.4, 0.5) is 0 Å². The molecule has 1 aliphatic heterocycles. The van der Waals surface area contributed by atoms with Crippen LogP contribution in [0, 0.1) is 0 Å². The molecule has 170 valence electrons. The molecule has 2 aromatic carbocycles. The molecule has 0 radical (unpaired) electrons. The largest absolute Gasteiger partial charge is 0.507 e. The monoisotopic (exact) mass is 500 g/mol. The fraction of sp³-hybridized carbons (Fsp3) is 0.360. The second kappa shape index (κ2) is 10.8. The Balaban J connectivity index is 2.03.